The fourth-order valence-corrected chi connectivity index (χ4v) is 6.17. The van der Waals surface area contributed by atoms with Gasteiger partial charge in [0.05, 0.1) is 18.1 Å². The van der Waals surface area contributed by atoms with E-state index in [9.17, 15) is 18.0 Å². The normalized spacial score (nSPS) is 18.7. The van der Waals surface area contributed by atoms with Crippen molar-refractivity contribution in [2.75, 3.05) is 39.4 Å². The maximum Gasteiger partial charge on any atom is 0.251 e. The molecular weight excluding hydrogens is 490 g/mol. The van der Waals surface area contributed by atoms with E-state index in [4.69, 9.17) is 16.3 Å². The van der Waals surface area contributed by atoms with Crippen molar-refractivity contribution >= 4 is 33.4 Å². The van der Waals surface area contributed by atoms with Gasteiger partial charge in [-0.2, -0.15) is 4.31 Å². The smallest absolute Gasteiger partial charge is 0.251 e. The van der Waals surface area contributed by atoms with Gasteiger partial charge in [-0.15, -0.1) is 0 Å². The van der Waals surface area contributed by atoms with Crippen LogP contribution in [0.2, 0.25) is 5.02 Å². The lowest BCUT2D eigenvalue weighted by atomic mass is 9.88. The molecule has 2 saturated heterocycles. The lowest BCUT2D eigenvalue weighted by Gasteiger charge is -2.38. The minimum Gasteiger partial charge on any atom is -0.378 e. The Hall–Kier alpha value is -2.46. The number of piperidine rings is 1. The maximum absolute atomic E-state index is 13.5. The molecule has 2 amide bonds. The lowest BCUT2D eigenvalue weighted by molar-refractivity contribution is -0.139. The van der Waals surface area contributed by atoms with E-state index in [0.717, 1.165) is 5.56 Å². The molecular formula is C25H30ClN3O5S. The van der Waals surface area contributed by atoms with Crippen LogP contribution in [0.3, 0.4) is 0 Å². The van der Waals surface area contributed by atoms with Gasteiger partial charge in [0.15, 0.2) is 0 Å². The van der Waals surface area contributed by atoms with Crippen molar-refractivity contribution in [2.24, 2.45) is 5.92 Å². The first kappa shape index (κ1) is 25.6. The Morgan fingerprint density at radius 3 is 2.31 bits per heavy atom. The molecule has 0 aliphatic carbocycles. The number of benzene rings is 2. The third-order valence-corrected chi connectivity index (χ3v) is 8.74. The van der Waals surface area contributed by atoms with Gasteiger partial charge in [0.1, 0.15) is 6.04 Å². The summed E-state index contributed by atoms with van der Waals surface area (Å²) in [6, 6.07) is 12.6. The number of aryl methyl sites for hydroxylation is 1. The number of sulfonamides is 1. The van der Waals surface area contributed by atoms with Crippen molar-refractivity contribution in [2.45, 2.75) is 30.7 Å². The van der Waals surface area contributed by atoms with Crippen LogP contribution in [0, 0.1) is 12.8 Å². The molecule has 2 aromatic rings. The van der Waals surface area contributed by atoms with Crippen molar-refractivity contribution in [1.82, 2.24) is 14.5 Å². The third-order valence-electron chi connectivity index (χ3n) is 6.58. The summed E-state index contributed by atoms with van der Waals surface area (Å²) in [6.07, 6.45) is 0.920. The Balaban J connectivity index is 1.49. The number of carbonyl (C=O) groups is 2. The Morgan fingerprint density at radius 1 is 1.03 bits per heavy atom. The van der Waals surface area contributed by atoms with Gasteiger partial charge in [-0.1, -0.05) is 29.3 Å². The molecule has 35 heavy (non-hydrogen) atoms. The average Bonchev–Trinajstić information content (AvgIpc) is 2.87. The molecule has 0 bridgehead atoms. The highest BCUT2D eigenvalue weighted by atomic mass is 35.5. The molecule has 2 aromatic carbocycles. The second kappa shape index (κ2) is 11.1. The molecule has 188 valence electrons. The molecule has 2 heterocycles. The number of hydrogen-bond donors (Lipinski definition) is 1. The minimum atomic E-state index is -3.66. The van der Waals surface area contributed by atoms with Crippen molar-refractivity contribution in [1.29, 1.82) is 0 Å². The molecule has 0 unspecified atom stereocenters. The third kappa shape index (κ3) is 6.03. The number of ether oxygens (including phenoxy) is 1. The quantitative estimate of drug-likeness (QED) is 0.633. The zero-order valence-electron chi connectivity index (χ0n) is 19.7. The molecule has 1 N–H and O–H groups in total. The van der Waals surface area contributed by atoms with Crippen molar-refractivity contribution in [3.63, 3.8) is 0 Å². The predicted octanol–water partition coefficient (Wildman–Crippen LogP) is 2.71. The number of rotatable bonds is 6. The Kier molecular flexibility index (Phi) is 8.11. The SMILES string of the molecule is Cc1cccc(C(=O)N[C@H](C(=O)N2CCOCC2)C2CCN(S(=O)(=O)c3ccc(Cl)cc3)CC2)c1. The first-order valence-electron chi connectivity index (χ1n) is 11.8. The highest BCUT2D eigenvalue weighted by Crippen LogP contribution is 2.27. The minimum absolute atomic E-state index is 0.145. The maximum atomic E-state index is 13.5. The molecule has 8 nitrogen and oxygen atoms in total. The van der Waals surface area contributed by atoms with Gasteiger partial charge in [-0.3, -0.25) is 9.59 Å². The summed E-state index contributed by atoms with van der Waals surface area (Å²) < 4.78 is 33.0. The number of hydrogen-bond acceptors (Lipinski definition) is 5. The van der Waals surface area contributed by atoms with Crippen LogP contribution in [0.15, 0.2) is 53.4 Å². The monoisotopic (exact) mass is 519 g/mol. The molecule has 0 aromatic heterocycles. The largest absolute Gasteiger partial charge is 0.378 e. The van der Waals surface area contributed by atoms with Crippen LogP contribution in [-0.4, -0.2) is 74.9 Å². The molecule has 1 atom stereocenters. The number of nitrogens with zero attached hydrogens (tertiary/aromatic N) is 2. The standard InChI is InChI=1S/C25H30ClN3O5S/c1-18-3-2-4-20(17-18)24(30)27-23(25(31)28-13-15-34-16-14-28)19-9-11-29(12-10-19)35(32,33)22-7-5-21(26)6-8-22/h2-8,17,19,23H,9-16H2,1H3,(H,27,30)/t23-/m0/s1. The summed E-state index contributed by atoms with van der Waals surface area (Å²) in [7, 11) is -3.66. The fraction of sp³-hybridized carbons (Fsp3) is 0.440. The summed E-state index contributed by atoms with van der Waals surface area (Å²) in [4.78, 5) is 28.4. The fourth-order valence-electron chi connectivity index (χ4n) is 4.58. The Labute approximate surface area is 211 Å². The van der Waals surface area contributed by atoms with E-state index >= 15 is 0 Å². The van der Waals surface area contributed by atoms with Gasteiger partial charge in [0, 0.05) is 36.8 Å². The summed E-state index contributed by atoms with van der Waals surface area (Å²) >= 11 is 5.90. The Bertz CT molecular complexity index is 1160. The summed E-state index contributed by atoms with van der Waals surface area (Å²) in [5.74, 6) is -0.638. The van der Waals surface area contributed by atoms with Gasteiger partial charge < -0.3 is 15.0 Å². The topological polar surface area (TPSA) is 96.0 Å². The number of halogens is 1. The second-order valence-electron chi connectivity index (χ2n) is 8.95. The lowest BCUT2D eigenvalue weighted by Crippen LogP contribution is -2.56. The van der Waals surface area contributed by atoms with Crippen molar-refractivity contribution in [3.8, 4) is 0 Å². The number of carbonyl (C=O) groups excluding carboxylic acids is 2. The Morgan fingerprint density at radius 2 is 1.69 bits per heavy atom. The van der Waals surface area contributed by atoms with Gasteiger partial charge >= 0.3 is 0 Å². The first-order chi connectivity index (χ1) is 16.8. The van der Waals surface area contributed by atoms with Gasteiger partial charge in [-0.25, -0.2) is 8.42 Å². The van der Waals surface area contributed by atoms with Crippen LogP contribution in [0.4, 0.5) is 0 Å². The van der Waals surface area contributed by atoms with E-state index in [2.05, 4.69) is 5.32 Å². The highest BCUT2D eigenvalue weighted by Gasteiger charge is 2.38. The molecule has 2 fully saturated rings. The summed E-state index contributed by atoms with van der Waals surface area (Å²) in [5, 5.41) is 3.43. The molecule has 0 radical (unpaired) electrons. The van der Waals surface area contributed by atoms with Crippen molar-refractivity contribution in [3.05, 3.63) is 64.7 Å². The van der Waals surface area contributed by atoms with Crippen LogP contribution >= 0.6 is 11.6 Å². The van der Waals surface area contributed by atoms with Gasteiger partial charge in [0.25, 0.3) is 5.91 Å². The molecule has 2 aliphatic heterocycles. The highest BCUT2D eigenvalue weighted by molar-refractivity contribution is 7.89. The van der Waals surface area contributed by atoms with Crippen molar-refractivity contribution < 1.29 is 22.7 Å². The molecule has 0 spiro atoms. The molecule has 2 aliphatic rings. The number of amides is 2. The van der Waals surface area contributed by atoms with E-state index in [-0.39, 0.29) is 35.7 Å². The average molecular weight is 520 g/mol. The summed E-state index contributed by atoms with van der Waals surface area (Å²) in [6.45, 7) is 4.30. The van der Waals surface area contributed by atoms with Crippen LogP contribution in [0.25, 0.3) is 0 Å². The van der Waals surface area contributed by atoms with E-state index in [1.165, 1.54) is 16.4 Å². The number of morpholine rings is 1. The van der Waals surface area contributed by atoms with Gasteiger partial charge in [-0.05, 0) is 62.1 Å². The van der Waals surface area contributed by atoms with Crippen LogP contribution in [-0.2, 0) is 19.6 Å². The van der Waals surface area contributed by atoms with E-state index in [1.807, 2.05) is 19.1 Å². The second-order valence-corrected chi connectivity index (χ2v) is 11.3. The predicted molar refractivity (Wildman–Crippen MR) is 133 cm³/mol. The van der Waals surface area contributed by atoms with E-state index in [0.29, 0.717) is 49.7 Å². The van der Waals surface area contributed by atoms with E-state index < -0.39 is 16.1 Å². The zero-order chi connectivity index (χ0) is 25.0. The van der Waals surface area contributed by atoms with E-state index in [1.54, 1.807) is 29.2 Å². The first-order valence-corrected chi connectivity index (χ1v) is 13.6. The number of nitrogens with one attached hydrogen (secondary N) is 1. The zero-order valence-corrected chi connectivity index (χ0v) is 21.2. The molecule has 4 rings (SSSR count). The molecule has 0 saturated carbocycles. The summed E-state index contributed by atoms with van der Waals surface area (Å²) in [5.41, 5.74) is 1.45. The van der Waals surface area contributed by atoms with Crippen LogP contribution in [0.5, 0.6) is 0 Å². The van der Waals surface area contributed by atoms with Crippen LogP contribution in [0.1, 0.15) is 28.8 Å². The van der Waals surface area contributed by atoms with Gasteiger partial charge in [0.2, 0.25) is 15.9 Å². The molecule has 10 heteroatoms. The van der Waals surface area contributed by atoms with Crippen LogP contribution < -0.4 is 5.32 Å².